The van der Waals surface area contributed by atoms with Crippen molar-refractivity contribution in [2.24, 2.45) is 0 Å². The summed E-state index contributed by atoms with van der Waals surface area (Å²) in [5.41, 5.74) is 0.690. The number of aromatic amines is 1. The second-order valence-corrected chi connectivity index (χ2v) is 2.97. The molecule has 78 valence electrons. The van der Waals surface area contributed by atoms with E-state index in [2.05, 4.69) is 10.2 Å². The first-order valence-corrected chi connectivity index (χ1v) is 4.46. The predicted molar refractivity (Wildman–Crippen MR) is 53.9 cm³/mol. The molecular formula is C9H9N3O3. The fourth-order valence-electron chi connectivity index (χ4n) is 1.37. The second kappa shape index (κ2) is 3.56. The Hall–Kier alpha value is -2.11. The van der Waals surface area contributed by atoms with E-state index in [4.69, 9.17) is 4.74 Å². The summed E-state index contributed by atoms with van der Waals surface area (Å²) in [6, 6.07) is 3.04. The number of hydrogen-bond donors (Lipinski definition) is 1. The standard InChI is InChI=1S/C9H9N3O3/c1-2-15-9-4-7-6(5-10-11-7)3-8(9)12(13)14/h3-5H,2H2,1H3,(H,10,11). The van der Waals surface area contributed by atoms with Crippen LogP contribution >= 0.6 is 0 Å². The largest absolute Gasteiger partial charge is 0.487 e. The van der Waals surface area contributed by atoms with Crippen LogP contribution in [-0.2, 0) is 0 Å². The van der Waals surface area contributed by atoms with Crippen LogP contribution in [0, 0.1) is 10.1 Å². The fraction of sp³-hybridized carbons (Fsp3) is 0.222. The lowest BCUT2D eigenvalue weighted by Gasteiger charge is -2.03. The van der Waals surface area contributed by atoms with Crippen molar-refractivity contribution in [3.8, 4) is 5.75 Å². The van der Waals surface area contributed by atoms with Crippen LogP contribution in [0.25, 0.3) is 10.9 Å². The molecule has 1 N–H and O–H groups in total. The minimum Gasteiger partial charge on any atom is -0.487 e. The number of ether oxygens (including phenoxy) is 1. The van der Waals surface area contributed by atoms with E-state index in [9.17, 15) is 10.1 Å². The van der Waals surface area contributed by atoms with E-state index in [1.165, 1.54) is 12.3 Å². The van der Waals surface area contributed by atoms with Crippen LogP contribution in [0.3, 0.4) is 0 Å². The third kappa shape index (κ3) is 1.61. The van der Waals surface area contributed by atoms with Crippen molar-refractivity contribution in [2.45, 2.75) is 6.92 Å². The molecule has 6 nitrogen and oxygen atoms in total. The third-order valence-electron chi connectivity index (χ3n) is 2.02. The molecule has 0 radical (unpaired) electrons. The molecule has 0 atom stereocenters. The van der Waals surface area contributed by atoms with E-state index in [1.807, 2.05) is 0 Å². The SMILES string of the molecule is CCOc1cc2[nH]ncc2cc1[N+](=O)[O-]. The number of aromatic nitrogens is 2. The number of nitrogens with zero attached hydrogens (tertiary/aromatic N) is 2. The molecule has 1 aromatic heterocycles. The van der Waals surface area contributed by atoms with Crippen molar-refractivity contribution < 1.29 is 9.66 Å². The van der Waals surface area contributed by atoms with Gasteiger partial charge in [0.1, 0.15) is 0 Å². The Labute approximate surface area is 85.0 Å². The summed E-state index contributed by atoms with van der Waals surface area (Å²) in [6.45, 7) is 2.17. The van der Waals surface area contributed by atoms with Crippen LogP contribution in [0.1, 0.15) is 6.92 Å². The highest BCUT2D eigenvalue weighted by Gasteiger charge is 2.16. The Morgan fingerprint density at radius 3 is 3.07 bits per heavy atom. The minimum atomic E-state index is -0.461. The summed E-state index contributed by atoms with van der Waals surface area (Å²) in [6.07, 6.45) is 1.54. The topological polar surface area (TPSA) is 81.0 Å². The van der Waals surface area contributed by atoms with Crippen LogP contribution in [0.4, 0.5) is 5.69 Å². The number of rotatable bonds is 3. The van der Waals surface area contributed by atoms with Crippen LogP contribution in [0.2, 0.25) is 0 Å². The van der Waals surface area contributed by atoms with Gasteiger partial charge < -0.3 is 4.74 Å². The number of benzene rings is 1. The molecule has 6 heteroatoms. The van der Waals surface area contributed by atoms with Gasteiger partial charge in [0, 0.05) is 17.5 Å². The average molecular weight is 207 g/mol. The maximum absolute atomic E-state index is 10.8. The van der Waals surface area contributed by atoms with Crippen molar-refractivity contribution in [2.75, 3.05) is 6.61 Å². The molecule has 0 saturated carbocycles. The summed E-state index contributed by atoms with van der Waals surface area (Å²) >= 11 is 0. The molecule has 15 heavy (non-hydrogen) atoms. The first-order valence-electron chi connectivity index (χ1n) is 4.46. The molecule has 2 aromatic rings. The number of nitrogens with one attached hydrogen (secondary N) is 1. The molecule has 1 aromatic carbocycles. The lowest BCUT2D eigenvalue weighted by molar-refractivity contribution is -0.385. The van der Waals surface area contributed by atoms with E-state index < -0.39 is 4.92 Å². The van der Waals surface area contributed by atoms with Gasteiger partial charge in [-0.1, -0.05) is 0 Å². The van der Waals surface area contributed by atoms with Crippen molar-refractivity contribution in [3.05, 3.63) is 28.4 Å². The van der Waals surface area contributed by atoms with Gasteiger partial charge in [0.2, 0.25) is 0 Å². The van der Waals surface area contributed by atoms with Crippen molar-refractivity contribution in [1.29, 1.82) is 0 Å². The summed E-state index contributed by atoms with van der Waals surface area (Å²) in [5, 5.41) is 18.0. The smallest absolute Gasteiger partial charge is 0.311 e. The molecule has 0 unspecified atom stereocenters. The first kappa shape index (κ1) is 9.45. The zero-order chi connectivity index (χ0) is 10.8. The molecule has 0 amide bonds. The average Bonchev–Trinajstić information content (AvgIpc) is 2.63. The summed E-state index contributed by atoms with van der Waals surface area (Å²) in [5.74, 6) is 0.263. The molecule has 2 rings (SSSR count). The summed E-state index contributed by atoms with van der Waals surface area (Å²) in [4.78, 5) is 10.3. The van der Waals surface area contributed by atoms with E-state index in [1.54, 1.807) is 13.0 Å². The van der Waals surface area contributed by atoms with Crippen LogP contribution in [0.5, 0.6) is 5.75 Å². The van der Waals surface area contributed by atoms with Gasteiger partial charge in [-0.15, -0.1) is 0 Å². The van der Waals surface area contributed by atoms with Gasteiger partial charge >= 0.3 is 5.69 Å². The van der Waals surface area contributed by atoms with E-state index in [0.717, 1.165) is 5.52 Å². The van der Waals surface area contributed by atoms with E-state index in [-0.39, 0.29) is 11.4 Å². The molecule has 0 fully saturated rings. The van der Waals surface area contributed by atoms with E-state index >= 15 is 0 Å². The Balaban J connectivity index is 2.62. The van der Waals surface area contributed by atoms with Crippen molar-refractivity contribution in [3.63, 3.8) is 0 Å². The third-order valence-corrected chi connectivity index (χ3v) is 2.02. The first-order chi connectivity index (χ1) is 7.22. The van der Waals surface area contributed by atoms with Gasteiger partial charge in [-0.05, 0) is 6.92 Å². The Morgan fingerprint density at radius 2 is 2.40 bits per heavy atom. The number of H-pyrrole nitrogens is 1. The lowest BCUT2D eigenvalue weighted by Crippen LogP contribution is -1.97. The number of nitro groups is 1. The molecule has 0 aliphatic heterocycles. The number of hydrogen-bond acceptors (Lipinski definition) is 4. The maximum atomic E-state index is 10.8. The Kier molecular flexibility index (Phi) is 2.24. The van der Waals surface area contributed by atoms with Crippen LogP contribution < -0.4 is 4.74 Å². The van der Waals surface area contributed by atoms with Crippen molar-refractivity contribution >= 4 is 16.6 Å². The highest BCUT2D eigenvalue weighted by atomic mass is 16.6. The fourth-order valence-corrected chi connectivity index (χ4v) is 1.37. The lowest BCUT2D eigenvalue weighted by atomic mass is 10.2. The normalized spacial score (nSPS) is 10.5. The van der Waals surface area contributed by atoms with E-state index in [0.29, 0.717) is 12.0 Å². The quantitative estimate of drug-likeness (QED) is 0.615. The Bertz CT molecular complexity index is 506. The van der Waals surface area contributed by atoms with Gasteiger partial charge in [0.25, 0.3) is 0 Å². The zero-order valence-corrected chi connectivity index (χ0v) is 8.06. The minimum absolute atomic E-state index is 0.0363. The molecular weight excluding hydrogens is 198 g/mol. The zero-order valence-electron chi connectivity index (χ0n) is 8.06. The molecule has 0 saturated heterocycles. The van der Waals surface area contributed by atoms with Gasteiger partial charge in [-0.3, -0.25) is 15.2 Å². The van der Waals surface area contributed by atoms with Crippen molar-refractivity contribution in [1.82, 2.24) is 10.2 Å². The highest BCUT2D eigenvalue weighted by molar-refractivity contribution is 5.83. The molecule has 0 aliphatic rings. The summed E-state index contributed by atoms with van der Waals surface area (Å²) < 4.78 is 5.19. The second-order valence-electron chi connectivity index (χ2n) is 2.97. The predicted octanol–water partition coefficient (Wildman–Crippen LogP) is 1.87. The molecule has 0 aliphatic carbocycles. The van der Waals surface area contributed by atoms with Gasteiger partial charge in [-0.2, -0.15) is 5.10 Å². The number of fused-ring (bicyclic) bond motifs is 1. The van der Waals surface area contributed by atoms with Gasteiger partial charge in [-0.25, -0.2) is 0 Å². The molecule has 0 bridgehead atoms. The molecule has 1 heterocycles. The maximum Gasteiger partial charge on any atom is 0.311 e. The summed E-state index contributed by atoms with van der Waals surface area (Å²) in [7, 11) is 0. The van der Waals surface area contributed by atoms with Gasteiger partial charge in [0.15, 0.2) is 5.75 Å². The molecule has 0 spiro atoms. The Morgan fingerprint density at radius 1 is 1.60 bits per heavy atom. The highest BCUT2D eigenvalue weighted by Crippen LogP contribution is 2.31. The van der Waals surface area contributed by atoms with Gasteiger partial charge in [0.05, 0.1) is 23.2 Å². The monoisotopic (exact) mass is 207 g/mol. The van der Waals surface area contributed by atoms with Crippen LogP contribution in [0.15, 0.2) is 18.3 Å². The number of nitro benzene ring substituents is 1. The van der Waals surface area contributed by atoms with Crippen LogP contribution in [-0.4, -0.2) is 21.7 Å².